The predicted molar refractivity (Wildman–Crippen MR) is 53.2 cm³/mol. The molecular weight excluding hydrogens is 182 g/mol. The van der Waals surface area contributed by atoms with Gasteiger partial charge in [-0.05, 0) is 24.4 Å². The molecule has 3 rings (SSSR count). The van der Waals surface area contributed by atoms with Gasteiger partial charge in [0.05, 0.1) is 10.9 Å². The summed E-state index contributed by atoms with van der Waals surface area (Å²) >= 11 is 4.91. The van der Waals surface area contributed by atoms with Crippen molar-refractivity contribution in [1.82, 2.24) is 4.98 Å². The van der Waals surface area contributed by atoms with Gasteiger partial charge in [-0.15, -0.1) is 0 Å². The lowest BCUT2D eigenvalue weighted by Crippen LogP contribution is -2.21. The molecule has 0 unspecified atom stereocenters. The van der Waals surface area contributed by atoms with E-state index in [0.717, 1.165) is 21.6 Å². The average molecular weight is 187 g/mol. The molecule has 0 bridgehead atoms. The summed E-state index contributed by atoms with van der Waals surface area (Å²) in [4.78, 5) is 11.4. The number of thiocarbonyl (C=S) groups is 1. The molecule has 1 aromatic heterocycles. The van der Waals surface area contributed by atoms with Crippen molar-refractivity contribution < 1.29 is 0 Å². The Hall–Kier alpha value is -1.55. The zero-order valence-corrected chi connectivity index (χ0v) is 7.43. The van der Waals surface area contributed by atoms with Gasteiger partial charge in [-0.3, -0.25) is 0 Å². The monoisotopic (exact) mass is 187 g/mol. The Labute approximate surface area is 78.8 Å². The molecule has 0 saturated carbocycles. The first-order valence-corrected chi connectivity index (χ1v) is 4.33. The van der Waals surface area contributed by atoms with Crippen molar-refractivity contribution in [2.24, 2.45) is 9.98 Å². The summed E-state index contributed by atoms with van der Waals surface area (Å²) in [7, 11) is 0. The zero-order valence-electron chi connectivity index (χ0n) is 6.61. The number of hydrogen-bond acceptors (Lipinski definition) is 1. The highest BCUT2D eigenvalue weighted by Crippen LogP contribution is 2.05. The lowest BCUT2D eigenvalue weighted by molar-refractivity contribution is 1.36. The summed E-state index contributed by atoms with van der Waals surface area (Å²) in [5.41, 5.74) is 1.01. The maximum Gasteiger partial charge on any atom is 0.220 e. The van der Waals surface area contributed by atoms with Gasteiger partial charge in [0.1, 0.15) is 5.36 Å². The molecule has 0 saturated heterocycles. The quantitative estimate of drug-likeness (QED) is 0.606. The third-order valence-electron chi connectivity index (χ3n) is 2.10. The van der Waals surface area contributed by atoms with Gasteiger partial charge in [0, 0.05) is 11.6 Å². The van der Waals surface area contributed by atoms with Crippen LogP contribution in [0.5, 0.6) is 0 Å². The third kappa shape index (κ3) is 0.860. The molecule has 0 amide bonds. The fraction of sp³-hybridized carbons (Fsp3) is 0. The Bertz CT molecular complexity index is 624. The van der Waals surface area contributed by atoms with Crippen molar-refractivity contribution in [2.45, 2.75) is 0 Å². The van der Waals surface area contributed by atoms with E-state index in [1.165, 1.54) is 0 Å². The van der Waals surface area contributed by atoms with E-state index in [9.17, 15) is 0 Å². The second kappa shape index (κ2) is 2.23. The van der Waals surface area contributed by atoms with E-state index in [-0.39, 0.29) is 0 Å². The molecule has 0 spiro atoms. The molecule has 0 fully saturated rings. The van der Waals surface area contributed by atoms with E-state index in [4.69, 9.17) is 12.2 Å². The predicted octanol–water partition coefficient (Wildman–Crippen LogP) is 0.706. The van der Waals surface area contributed by atoms with Crippen LogP contribution in [0, 0.1) is 0 Å². The Kier molecular flexibility index (Phi) is 1.19. The summed E-state index contributed by atoms with van der Waals surface area (Å²) in [6.45, 7) is 0. The largest absolute Gasteiger partial charge is 0.359 e. The van der Waals surface area contributed by atoms with Gasteiger partial charge < -0.3 is 4.98 Å². The second-order valence-electron chi connectivity index (χ2n) is 2.88. The lowest BCUT2D eigenvalue weighted by atomic mass is 10.2. The Balaban J connectivity index is 2.69. The number of aromatic amines is 1. The Morgan fingerprint density at radius 2 is 2.08 bits per heavy atom. The summed E-state index contributed by atoms with van der Waals surface area (Å²) in [6.07, 6.45) is 1.89. The molecule has 1 aliphatic rings. The topological polar surface area (TPSA) is 40.5 Å². The van der Waals surface area contributed by atoms with Crippen LogP contribution in [0.2, 0.25) is 0 Å². The molecule has 4 heteroatoms. The molecule has 1 aromatic carbocycles. The van der Waals surface area contributed by atoms with Crippen LogP contribution in [0.3, 0.4) is 0 Å². The van der Waals surface area contributed by atoms with E-state index in [0.29, 0.717) is 5.11 Å². The number of benzene rings is 1. The van der Waals surface area contributed by atoms with Crippen LogP contribution >= 0.6 is 12.2 Å². The van der Waals surface area contributed by atoms with Crippen molar-refractivity contribution in [2.75, 3.05) is 0 Å². The first-order valence-electron chi connectivity index (χ1n) is 3.92. The van der Waals surface area contributed by atoms with Gasteiger partial charge in [0.25, 0.3) is 0 Å². The van der Waals surface area contributed by atoms with Crippen LogP contribution in [0.1, 0.15) is 0 Å². The maximum atomic E-state index is 4.91. The van der Waals surface area contributed by atoms with Gasteiger partial charge in [-0.1, -0.05) is 6.07 Å². The van der Waals surface area contributed by atoms with Crippen LogP contribution < -0.4 is 10.7 Å². The number of nitrogens with zero attached hydrogens (tertiary/aromatic N) is 2. The third-order valence-corrected chi connectivity index (χ3v) is 2.29. The second-order valence-corrected chi connectivity index (χ2v) is 3.25. The normalized spacial score (nSPS) is 14.0. The van der Waals surface area contributed by atoms with Crippen molar-refractivity contribution >= 4 is 28.2 Å². The number of nitrogens with one attached hydrogen (secondary N) is 1. The van der Waals surface area contributed by atoms with Crippen molar-refractivity contribution in [3.63, 3.8) is 0 Å². The minimum Gasteiger partial charge on any atom is -0.359 e. The molecular formula is C9H5N3S. The van der Waals surface area contributed by atoms with E-state index in [1.807, 2.05) is 24.4 Å². The molecule has 1 N–H and O–H groups in total. The summed E-state index contributed by atoms with van der Waals surface area (Å²) in [5.74, 6) is 0. The Morgan fingerprint density at radius 1 is 1.15 bits per heavy atom. The van der Waals surface area contributed by atoms with Crippen LogP contribution in [-0.2, 0) is 0 Å². The number of rotatable bonds is 0. The summed E-state index contributed by atoms with van der Waals surface area (Å²) < 4.78 is 0. The molecule has 0 radical (unpaired) electrons. The van der Waals surface area contributed by atoms with Gasteiger partial charge in [0.15, 0.2) is 0 Å². The number of fused-ring (bicyclic) bond motifs is 3. The van der Waals surface area contributed by atoms with Gasteiger partial charge in [0.2, 0.25) is 5.11 Å². The SMILES string of the molecule is S=C1N=c2ccc3cc[nH]c3c2=N1. The minimum absolute atomic E-state index is 0.414. The molecule has 1 aliphatic heterocycles. The standard InChI is InChI=1S/C9H5N3S/c13-9-11-6-2-1-5-3-4-10-7(5)8(6)12-9/h1-4,10H. The highest BCUT2D eigenvalue weighted by atomic mass is 32.1. The van der Waals surface area contributed by atoms with Crippen LogP contribution in [-0.4, -0.2) is 10.1 Å². The average Bonchev–Trinajstić information content (AvgIpc) is 2.65. The minimum atomic E-state index is 0.414. The molecule has 0 atom stereocenters. The van der Waals surface area contributed by atoms with Crippen LogP contribution in [0.15, 0.2) is 34.4 Å². The zero-order chi connectivity index (χ0) is 8.84. The smallest absolute Gasteiger partial charge is 0.220 e. The highest BCUT2D eigenvalue weighted by Gasteiger charge is 2.05. The van der Waals surface area contributed by atoms with E-state index in [2.05, 4.69) is 15.0 Å². The molecule has 62 valence electrons. The molecule has 2 aromatic rings. The molecule has 0 aliphatic carbocycles. The molecule has 3 nitrogen and oxygen atoms in total. The van der Waals surface area contributed by atoms with Gasteiger partial charge in [-0.2, -0.15) is 0 Å². The summed E-state index contributed by atoms with van der Waals surface area (Å²) in [5, 5.41) is 3.28. The fourth-order valence-corrected chi connectivity index (χ4v) is 1.72. The van der Waals surface area contributed by atoms with Crippen molar-refractivity contribution in [3.8, 4) is 0 Å². The molecule has 13 heavy (non-hydrogen) atoms. The first kappa shape index (κ1) is 6.91. The summed E-state index contributed by atoms with van der Waals surface area (Å²) in [6, 6.07) is 5.96. The van der Waals surface area contributed by atoms with E-state index >= 15 is 0 Å². The highest BCUT2D eigenvalue weighted by molar-refractivity contribution is 7.80. The maximum absolute atomic E-state index is 4.91. The van der Waals surface area contributed by atoms with E-state index < -0.39 is 0 Å². The van der Waals surface area contributed by atoms with Crippen molar-refractivity contribution in [1.29, 1.82) is 0 Å². The van der Waals surface area contributed by atoms with Gasteiger partial charge in [-0.25, -0.2) is 9.98 Å². The fourth-order valence-electron chi connectivity index (χ4n) is 1.53. The lowest BCUT2D eigenvalue weighted by Gasteiger charge is -1.86. The number of hydrogen-bond donors (Lipinski definition) is 1. The Morgan fingerprint density at radius 3 is 3.00 bits per heavy atom. The first-order chi connectivity index (χ1) is 6.34. The van der Waals surface area contributed by atoms with Crippen LogP contribution in [0.4, 0.5) is 0 Å². The van der Waals surface area contributed by atoms with E-state index in [1.54, 1.807) is 0 Å². The number of H-pyrrole nitrogens is 1. The number of aromatic nitrogens is 1. The van der Waals surface area contributed by atoms with Gasteiger partial charge >= 0.3 is 0 Å². The van der Waals surface area contributed by atoms with Crippen molar-refractivity contribution in [3.05, 3.63) is 35.1 Å². The van der Waals surface area contributed by atoms with Crippen LogP contribution in [0.25, 0.3) is 10.9 Å². The molecule has 2 heterocycles.